The number of benzene rings is 2. The lowest BCUT2D eigenvalue weighted by Crippen LogP contribution is -2.21. The van der Waals surface area contributed by atoms with Crippen LogP contribution < -0.4 is 11.1 Å². The van der Waals surface area contributed by atoms with Crippen LogP contribution >= 0.6 is 39.1 Å². The molecule has 0 amide bonds. The van der Waals surface area contributed by atoms with Gasteiger partial charge in [0.25, 0.3) is 0 Å². The minimum atomic E-state index is 0.0181. The van der Waals surface area contributed by atoms with Crippen LogP contribution in [0, 0.1) is 6.92 Å². The van der Waals surface area contributed by atoms with E-state index in [2.05, 4.69) is 21.2 Å². The Hall–Kier alpha value is -0.740. The van der Waals surface area contributed by atoms with Crippen molar-refractivity contribution in [2.75, 3.05) is 11.9 Å². The first kappa shape index (κ1) is 15.6. The minimum Gasteiger partial charge on any atom is -0.377 e. The largest absolute Gasteiger partial charge is 0.377 e. The van der Waals surface area contributed by atoms with Crippen LogP contribution in [0.2, 0.25) is 10.0 Å². The van der Waals surface area contributed by atoms with Crippen molar-refractivity contribution < 1.29 is 0 Å². The molecule has 0 bridgehead atoms. The SMILES string of the molecule is Cc1cc(Cl)ccc1C(CN)Nc1ccc(Br)c(Cl)c1. The fourth-order valence-electron chi connectivity index (χ4n) is 2.08. The van der Waals surface area contributed by atoms with Crippen molar-refractivity contribution in [1.29, 1.82) is 0 Å². The van der Waals surface area contributed by atoms with Crippen LogP contribution in [0.3, 0.4) is 0 Å². The Morgan fingerprint density at radius 3 is 2.55 bits per heavy atom. The predicted octanol–water partition coefficient (Wildman–Crippen LogP) is 5.18. The molecule has 0 saturated carbocycles. The normalized spacial score (nSPS) is 12.2. The van der Waals surface area contributed by atoms with Gasteiger partial charge in [0.05, 0.1) is 11.1 Å². The van der Waals surface area contributed by atoms with Gasteiger partial charge < -0.3 is 11.1 Å². The molecule has 0 aromatic heterocycles. The summed E-state index contributed by atoms with van der Waals surface area (Å²) in [4.78, 5) is 0. The van der Waals surface area contributed by atoms with E-state index >= 15 is 0 Å². The Kier molecular flexibility index (Phi) is 5.33. The van der Waals surface area contributed by atoms with Crippen LogP contribution in [0.4, 0.5) is 5.69 Å². The predicted molar refractivity (Wildman–Crippen MR) is 90.8 cm³/mol. The van der Waals surface area contributed by atoms with Gasteiger partial charge in [-0.25, -0.2) is 0 Å². The third kappa shape index (κ3) is 3.67. The molecule has 0 saturated heterocycles. The highest BCUT2D eigenvalue weighted by Gasteiger charge is 2.13. The van der Waals surface area contributed by atoms with E-state index in [1.807, 2.05) is 43.3 Å². The molecule has 0 aliphatic carbocycles. The van der Waals surface area contributed by atoms with Crippen LogP contribution in [-0.4, -0.2) is 6.54 Å². The summed E-state index contributed by atoms with van der Waals surface area (Å²) in [7, 11) is 0. The standard InChI is InChI=1S/C15H15BrCl2N2/c1-9-6-10(17)2-4-12(9)15(8-19)20-11-3-5-13(16)14(18)7-11/h2-7,15,20H,8,19H2,1H3. The highest BCUT2D eigenvalue weighted by Crippen LogP contribution is 2.29. The number of aryl methyl sites for hydroxylation is 1. The molecule has 5 heteroatoms. The molecule has 0 radical (unpaired) electrons. The number of hydrogen-bond donors (Lipinski definition) is 2. The van der Waals surface area contributed by atoms with Crippen molar-refractivity contribution in [3.8, 4) is 0 Å². The van der Waals surface area contributed by atoms with Gasteiger partial charge >= 0.3 is 0 Å². The first-order valence-electron chi connectivity index (χ1n) is 6.19. The monoisotopic (exact) mass is 372 g/mol. The lowest BCUT2D eigenvalue weighted by molar-refractivity contribution is 0.783. The van der Waals surface area contributed by atoms with E-state index in [0.29, 0.717) is 11.6 Å². The zero-order chi connectivity index (χ0) is 14.7. The fraction of sp³-hybridized carbons (Fsp3) is 0.200. The number of anilines is 1. The summed E-state index contributed by atoms with van der Waals surface area (Å²) in [5.74, 6) is 0. The molecule has 0 aliphatic rings. The summed E-state index contributed by atoms with van der Waals surface area (Å²) in [5, 5.41) is 4.80. The molecule has 0 fully saturated rings. The summed E-state index contributed by atoms with van der Waals surface area (Å²) in [6, 6.07) is 11.6. The number of hydrogen-bond acceptors (Lipinski definition) is 2. The highest BCUT2D eigenvalue weighted by atomic mass is 79.9. The molecule has 2 rings (SSSR count). The second-order valence-corrected chi connectivity index (χ2v) is 6.26. The molecule has 0 spiro atoms. The van der Waals surface area contributed by atoms with Gasteiger partial charge in [0.1, 0.15) is 0 Å². The van der Waals surface area contributed by atoms with E-state index in [4.69, 9.17) is 28.9 Å². The Morgan fingerprint density at radius 1 is 1.20 bits per heavy atom. The summed E-state index contributed by atoms with van der Waals surface area (Å²) in [6.07, 6.45) is 0. The van der Waals surface area contributed by atoms with E-state index in [1.165, 1.54) is 0 Å². The maximum atomic E-state index is 6.10. The van der Waals surface area contributed by atoms with Gasteiger partial charge in [-0.3, -0.25) is 0 Å². The van der Waals surface area contributed by atoms with Crippen LogP contribution in [0.5, 0.6) is 0 Å². The van der Waals surface area contributed by atoms with Gasteiger partial charge in [0.15, 0.2) is 0 Å². The van der Waals surface area contributed by atoms with E-state index in [0.717, 1.165) is 26.3 Å². The van der Waals surface area contributed by atoms with Crippen LogP contribution in [0.15, 0.2) is 40.9 Å². The van der Waals surface area contributed by atoms with Crippen molar-refractivity contribution in [1.82, 2.24) is 0 Å². The summed E-state index contributed by atoms with van der Waals surface area (Å²) < 4.78 is 0.872. The molecular formula is C15H15BrCl2N2. The van der Waals surface area contributed by atoms with Crippen molar-refractivity contribution in [3.05, 3.63) is 62.0 Å². The number of nitrogens with one attached hydrogen (secondary N) is 1. The second kappa shape index (κ2) is 6.81. The lowest BCUT2D eigenvalue weighted by Gasteiger charge is -2.21. The molecule has 1 unspecified atom stereocenters. The van der Waals surface area contributed by atoms with Gasteiger partial charge in [-0.1, -0.05) is 29.3 Å². The van der Waals surface area contributed by atoms with Crippen molar-refractivity contribution in [2.45, 2.75) is 13.0 Å². The number of nitrogens with two attached hydrogens (primary N) is 1. The average Bonchev–Trinajstić information content (AvgIpc) is 2.41. The number of rotatable bonds is 4. The zero-order valence-electron chi connectivity index (χ0n) is 11.0. The molecule has 2 nitrogen and oxygen atoms in total. The highest BCUT2D eigenvalue weighted by molar-refractivity contribution is 9.10. The maximum absolute atomic E-state index is 6.10. The average molecular weight is 374 g/mol. The van der Waals surface area contributed by atoms with Crippen LogP contribution in [-0.2, 0) is 0 Å². The second-order valence-electron chi connectivity index (χ2n) is 4.56. The summed E-state index contributed by atoms with van der Waals surface area (Å²) >= 11 is 15.5. The summed E-state index contributed by atoms with van der Waals surface area (Å²) in [6.45, 7) is 2.51. The van der Waals surface area contributed by atoms with Crippen LogP contribution in [0.25, 0.3) is 0 Å². The van der Waals surface area contributed by atoms with Crippen molar-refractivity contribution in [3.63, 3.8) is 0 Å². The van der Waals surface area contributed by atoms with E-state index in [-0.39, 0.29) is 6.04 Å². The summed E-state index contributed by atoms with van der Waals surface area (Å²) in [5.41, 5.74) is 9.07. The molecule has 2 aromatic rings. The molecule has 1 atom stereocenters. The van der Waals surface area contributed by atoms with Gasteiger partial charge in [-0.2, -0.15) is 0 Å². The minimum absolute atomic E-state index is 0.0181. The van der Waals surface area contributed by atoms with Crippen molar-refractivity contribution in [2.24, 2.45) is 5.73 Å². The lowest BCUT2D eigenvalue weighted by atomic mass is 10.0. The van der Waals surface area contributed by atoms with Crippen molar-refractivity contribution >= 4 is 44.8 Å². The molecule has 0 heterocycles. The van der Waals surface area contributed by atoms with E-state index in [9.17, 15) is 0 Å². The van der Waals surface area contributed by atoms with Gasteiger partial charge in [-0.15, -0.1) is 0 Å². The Bertz CT molecular complexity index is 617. The maximum Gasteiger partial charge on any atom is 0.0638 e. The molecule has 0 aliphatic heterocycles. The van der Waals surface area contributed by atoms with Crippen LogP contribution in [0.1, 0.15) is 17.2 Å². The smallest absolute Gasteiger partial charge is 0.0638 e. The van der Waals surface area contributed by atoms with Gasteiger partial charge in [0.2, 0.25) is 0 Å². The Morgan fingerprint density at radius 2 is 1.95 bits per heavy atom. The third-order valence-electron chi connectivity index (χ3n) is 3.10. The quantitative estimate of drug-likeness (QED) is 0.775. The van der Waals surface area contributed by atoms with E-state index < -0.39 is 0 Å². The molecule has 106 valence electrons. The van der Waals surface area contributed by atoms with E-state index in [1.54, 1.807) is 0 Å². The Labute approximate surface area is 137 Å². The number of halogens is 3. The third-order valence-corrected chi connectivity index (χ3v) is 4.57. The molecule has 3 N–H and O–H groups in total. The zero-order valence-corrected chi connectivity index (χ0v) is 14.1. The Balaban J connectivity index is 2.26. The van der Waals surface area contributed by atoms with Gasteiger partial charge in [-0.05, 0) is 64.3 Å². The topological polar surface area (TPSA) is 38.0 Å². The first-order chi connectivity index (χ1) is 9.51. The molecule has 2 aromatic carbocycles. The molecular weight excluding hydrogens is 359 g/mol. The first-order valence-corrected chi connectivity index (χ1v) is 7.74. The fourth-order valence-corrected chi connectivity index (χ4v) is 2.73. The molecule has 20 heavy (non-hydrogen) atoms. The van der Waals surface area contributed by atoms with Gasteiger partial charge in [0, 0.05) is 21.7 Å².